The van der Waals surface area contributed by atoms with E-state index in [-0.39, 0.29) is 18.7 Å². The van der Waals surface area contributed by atoms with Crippen molar-refractivity contribution in [3.05, 3.63) is 30.3 Å². The molecule has 0 fully saturated rings. The maximum Gasteiger partial charge on any atom is 0.263 e. The van der Waals surface area contributed by atoms with Crippen LogP contribution in [0.1, 0.15) is 26.2 Å². The lowest BCUT2D eigenvalue weighted by molar-refractivity contribution is -0.138. The number of nitrogens with zero attached hydrogens (tertiary/aromatic N) is 3. The van der Waals surface area contributed by atoms with Gasteiger partial charge in [0.2, 0.25) is 0 Å². The van der Waals surface area contributed by atoms with Gasteiger partial charge in [-0.3, -0.25) is 4.79 Å². The Morgan fingerprint density at radius 1 is 1.19 bits per heavy atom. The molecule has 5 heteroatoms. The van der Waals surface area contributed by atoms with E-state index in [0.717, 1.165) is 0 Å². The molecular weight excluding hydrogens is 266 g/mol. The van der Waals surface area contributed by atoms with E-state index in [4.69, 9.17) is 15.3 Å². The lowest BCUT2D eigenvalue weighted by Crippen LogP contribution is -2.42. The van der Waals surface area contributed by atoms with Gasteiger partial charge in [0.05, 0.1) is 25.0 Å². The predicted molar refractivity (Wildman–Crippen MR) is 78.2 cm³/mol. The highest BCUT2D eigenvalue weighted by Gasteiger charge is 2.24. The van der Waals surface area contributed by atoms with Gasteiger partial charge in [-0.2, -0.15) is 10.5 Å². The average molecular weight is 285 g/mol. The van der Waals surface area contributed by atoms with E-state index in [1.807, 2.05) is 37.3 Å². The van der Waals surface area contributed by atoms with Crippen LogP contribution < -0.4 is 4.74 Å². The molecule has 1 atom stereocenters. The molecule has 1 rings (SSSR count). The maximum atomic E-state index is 12.5. The second-order valence-corrected chi connectivity index (χ2v) is 4.47. The van der Waals surface area contributed by atoms with Crippen LogP contribution in [0.15, 0.2) is 30.3 Å². The summed E-state index contributed by atoms with van der Waals surface area (Å²) in [5.74, 6) is 0.463. The summed E-state index contributed by atoms with van der Waals surface area (Å²) >= 11 is 0. The zero-order valence-electron chi connectivity index (χ0n) is 12.2. The molecule has 1 aromatic rings. The van der Waals surface area contributed by atoms with Crippen LogP contribution in [0.5, 0.6) is 5.75 Å². The van der Waals surface area contributed by atoms with Crippen LogP contribution in [0.4, 0.5) is 0 Å². The minimum Gasteiger partial charge on any atom is -0.481 e. The normalized spacial score (nSPS) is 11.0. The minimum atomic E-state index is -0.593. The van der Waals surface area contributed by atoms with Gasteiger partial charge in [-0.25, -0.2) is 0 Å². The number of rotatable bonds is 8. The van der Waals surface area contributed by atoms with Gasteiger partial charge in [0.1, 0.15) is 5.75 Å². The molecule has 0 aliphatic heterocycles. The molecule has 5 nitrogen and oxygen atoms in total. The number of benzene rings is 1. The summed E-state index contributed by atoms with van der Waals surface area (Å²) in [6, 6.07) is 13.2. The molecule has 0 saturated heterocycles. The fraction of sp³-hybridized carbons (Fsp3) is 0.438. The molecule has 1 aromatic carbocycles. The molecular formula is C16H19N3O2. The Hall–Kier alpha value is -2.53. The molecule has 1 amide bonds. The highest BCUT2D eigenvalue weighted by Crippen LogP contribution is 2.14. The van der Waals surface area contributed by atoms with E-state index in [1.54, 1.807) is 12.1 Å². The number of carbonyl (C=O) groups excluding carboxylic acids is 1. The molecule has 21 heavy (non-hydrogen) atoms. The molecule has 0 saturated carbocycles. The largest absolute Gasteiger partial charge is 0.481 e. The average Bonchev–Trinajstić information content (AvgIpc) is 2.53. The lowest BCUT2D eigenvalue weighted by atomic mass is 10.2. The first-order valence-corrected chi connectivity index (χ1v) is 6.97. The lowest BCUT2D eigenvalue weighted by Gasteiger charge is -2.26. The van der Waals surface area contributed by atoms with Crippen molar-refractivity contribution in [3.8, 4) is 17.9 Å². The van der Waals surface area contributed by atoms with Crippen molar-refractivity contribution >= 4 is 5.91 Å². The standard InChI is InChI=1S/C16H19N3O2/c1-2-15(21-14-8-4-3-5-9-14)16(20)19(12-6-10-17)13-7-11-18/h3-5,8-9,15H,2,6-7,12-13H2,1H3/t15-/m0/s1. The molecule has 0 aromatic heterocycles. The van der Waals surface area contributed by atoms with Gasteiger partial charge in [0, 0.05) is 13.1 Å². The molecule has 0 N–H and O–H groups in total. The van der Waals surface area contributed by atoms with Crippen LogP contribution >= 0.6 is 0 Å². The van der Waals surface area contributed by atoms with E-state index in [0.29, 0.717) is 25.3 Å². The number of ether oxygens (including phenoxy) is 1. The van der Waals surface area contributed by atoms with E-state index < -0.39 is 6.10 Å². The molecule has 0 spiro atoms. The first-order chi connectivity index (χ1) is 10.2. The monoisotopic (exact) mass is 285 g/mol. The molecule has 0 heterocycles. The van der Waals surface area contributed by atoms with Gasteiger partial charge >= 0.3 is 0 Å². The first kappa shape index (κ1) is 16.5. The zero-order valence-corrected chi connectivity index (χ0v) is 12.2. The van der Waals surface area contributed by atoms with Gasteiger partial charge in [-0.1, -0.05) is 25.1 Å². The molecule has 0 aliphatic rings. The summed E-state index contributed by atoms with van der Waals surface area (Å²) in [4.78, 5) is 14.0. The van der Waals surface area contributed by atoms with Crippen LogP contribution in [0.25, 0.3) is 0 Å². The SMILES string of the molecule is CC[C@H](Oc1ccccc1)C(=O)N(CCC#N)CCC#N. The molecule has 110 valence electrons. The molecule has 0 bridgehead atoms. The Balaban J connectivity index is 2.73. The Labute approximate surface area is 125 Å². The number of amides is 1. The summed E-state index contributed by atoms with van der Waals surface area (Å²) < 4.78 is 5.71. The third-order valence-electron chi connectivity index (χ3n) is 2.97. The first-order valence-electron chi connectivity index (χ1n) is 6.97. The van der Waals surface area contributed by atoms with Crippen molar-refractivity contribution in [2.75, 3.05) is 13.1 Å². The van der Waals surface area contributed by atoms with E-state index >= 15 is 0 Å². The minimum absolute atomic E-state index is 0.174. The number of hydrogen-bond donors (Lipinski definition) is 0. The van der Waals surface area contributed by atoms with E-state index in [1.165, 1.54) is 4.90 Å². The number of nitriles is 2. The third kappa shape index (κ3) is 5.54. The second kappa shape index (κ2) is 9.39. The molecule has 0 aliphatic carbocycles. The number of hydrogen-bond acceptors (Lipinski definition) is 4. The summed E-state index contributed by atoms with van der Waals surface area (Å²) in [7, 11) is 0. The van der Waals surface area contributed by atoms with Crippen LogP contribution in [0, 0.1) is 22.7 Å². The van der Waals surface area contributed by atoms with Gasteiger partial charge in [0.15, 0.2) is 6.10 Å². The van der Waals surface area contributed by atoms with E-state index in [9.17, 15) is 4.79 Å². The van der Waals surface area contributed by atoms with Crippen molar-refractivity contribution < 1.29 is 9.53 Å². The van der Waals surface area contributed by atoms with Crippen molar-refractivity contribution in [3.63, 3.8) is 0 Å². The summed E-state index contributed by atoms with van der Waals surface area (Å²) in [6.45, 7) is 2.52. The summed E-state index contributed by atoms with van der Waals surface area (Å²) in [5, 5.41) is 17.3. The molecule has 0 radical (unpaired) electrons. The fourth-order valence-electron chi connectivity index (χ4n) is 1.88. The van der Waals surface area contributed by atoms with Crippen molar-refractivity contribution in [2.45, 2.75) is 32.3 Å². The van der Waals surface area contributed by atoms with Crippen molar-refractivity contribution in [2.24, 2.45) is 0 Å². The maximum absolute atomic E-state index is 12.5. The second-order valence-electron chi connectivity index (χ2n) is 4.47. The highest BCUT2D eigenvalue weighted by molar-refractivity contribution is 5.81. The van der Waals surface area contributed by atoms with Gasteiger partial charge in [-0.05, 0) is 18.6 Å². The quantitative estimate of drug-likeness (QED) is 0.735. The fourth-order valence-corrected chi connectivity index (χ4v) is 1.88. The third-order valence-corrected chi connectivity index (χ3v) is 2.97. The van der Waals surface area contributed by atoms with Gasteiger partial charge < -0.3 is 9.64 Å². The van der Waals surface area contributed by atoms with Gasteiger partial charge in [-0.15, -0.1) is 0 Å². The van der Waals surface area contributed by atoms with Gasteiger partial charge in [0.25, 0.3) is 5.91 Å². The predicted octanol–water partition coefficient (Wildman–Crippen LogP) is 2.50. The van der Waals surface area contributed by atoms with E-state index in [2.05, 4.69) is 0 Å². The Bertz CT molecular complexity index is 499. The Morgan fingerprint density at radius 3 is 2.24 bits per heavy atom. The van der Waals surface area contributed by atoms with Crippen molar-refractivity contribution in [1.82, 2.24) is 4.90 Å². The van der Waals surface area contributed by atoms with Crippen LogP contribution in [0.2, 0.25) is 0 Å². The highest BCUT2D eigenvalue weighted by atomic mass is 16.5. The van der Waals surface area contributed by atoms with Crippen LogP contribution in [0.3, 0.4) is 0 Å². The number of para-hydroxylation sites is 1. The Morgan fingerprint density at radius 2 is 1.76 bits per heavy atom. The Kier molecular flexibility index (Phi) is 7.39. The summed E-state index contributed by atoms with van der Waals surface area (Å²) in [5.41, 5.74) is 0. The topological polar surface area (TPSA) is 77.1 Å². The number of carbonyl (C=O) groups is 1. The van der Waals surface area contributed by atoms with Crippen LogP contribution in [-0.4, -0.2) is 30.0 Å². The van der Waals surface area contributed by atoms with Crippen LogP contribution in [-0.2, 0) is 4.79 Å². The van der Waals surface area contributed by atoms with Crippen molar-refractivity contribution in [1.29, 1.82) is 10.5 Å². The smallest absolute Gasteiger partial charge is 0.263 e. The zero-order chi connectivity index (χ0) is 15.5. The molecule has 0 unspecified atom stereocenters. The summed E-state index contributed by atoms with van der Waals surface area (Å²) in [6.07, 6.45) is 0.436.